The van der Waals surface area contributed by atoms with E-state index >= 15 is 0 Å². The van der Waals surface area contributed by atoms with E-state index in [1.54, 1.807) is 6.07 Å². The first-order valence-electron chi connectivity index (χ1n) is 8.95. The van der Waals surface area contributed by atoms with E-state index in [-0.39, 0.29) is 11.9 Å². The second kappa shape index (κ2) is 8.36. The van der Waals surface area contributed by atoms with Crippen molar-refractivity contribution in [3.8, 4) is 0 Å². The fourth-order valence-corrected chi connectivity index (χ4v) is 3.10. The number of hydrogen-bond acceptors (Lipinski definition) is 5. The first-order valence-corrected chi connectivity index (χ1v) is 9.33. The molecule has 1 aliphatic rings. The summed E-state index contributed by atoms with van der Waals surface area (Å²) < 4.78 is 0. The second-order valence-corrected chi connectivity index (χ2v) is 6.93. The number of amides is 1. The van der Waals surface area contributed by atoms with Crippen LogP contribution < -0.4 is 15.1 Å². The van der Waals surface area contributed by atoms with Crippen LogP contribution >= 0.6 is 11.6 Å². The minimum absolute atomic E-state index is 0.127. The summed E-state index contributed by atoms with van der Waals surface area (Å²) in [6, 6.07) is 9.81. The van der Waals surface area contributed by atoms with Gasteiger partial charge in [0, 0.05) is 49.0 Å². The molecular formula is C19H24ClN5O. The number of piperazine rings is 1. The van der Waals surface area contributed by atoms with Crippen LogP contribution in [-0.2, 0) is 0 Å². The molecule has 1 unspecified atom stereocenters. The molecule has 0 spiro atoms. The van der Waals surface area contributed by atoms with Crippen molar-refractivity contribution in [1.82, 2.24) is 15.3 Å². The molecule has 0 aliphatic carbocycles. The molecule has 1 aromatic carbocycles. The minimum Gasteiger partial charge on any atom is -0.368 e. The van der Waals surface area contributed by atoms with Crippen LogP contribution in [0.3, 0.4) is 0 Å². The molecule has 3 rings (SSSR count). The van der Waals surface area contributed by atoms with Gasteiger partial charge in [0.1, 0.15) is 17.8 Å². The summed E-state index contributed by atoms with van der Waals surface area (Å²) in [5, 5.41) is 3.69. The predicted octanol–water partition coefficient (Wildman–Crippen LogP) is 2.98. The van der Waals surface area contributed by atoms with Gasteiger partial charge in [-0.3, -0.25) is 4.79 Å². The van der Waals surface area contributed by atoms with Gasteiger partial charge in [0.05, 0.1) is 0 Å². The van der Waals surface area contributed by atoms with Gasteiger partial charge in [0.15, 0.2) is 0 Å². The van der Waals surface area contributed by atoms with Gasteiger partial charge in [-0.05, 0) is 31.5 Å². The van der Waals surface area contributed by atoms with Gasteiger partial charge in [-0.1, -0.05) is 24.6 Å². The Labute approximate surface area is 159 Å². The first kappa shape index (κ1) is 18.5. The van der Waals surface area contributed by atoms with E-state index in [4.69, 9.17) is 11.6 Å². The Hall–Kier alpha value is -2.34. The molecule has 2 aromatic rings. The van der Waals surface area contributed by atoms with E-state index in [1.807, 2.05) is 32.0 Å². The number of carbonyl (C=O) groups is 1. The van der Waals surface area contributed by atoms with Crippen LogP contribution in [0.2, 0.25) is 5.02 Å². The summed E-state index contributed by atoms with van der Waals surface area (Å²) in [5.41, 5.74) is 1.54. The molecule has 26 heavy (non-hydrogen) atoms. The molecule has 1 aliphatic heterocycles. The van der Waals surface area contributed by atoms with Crippen molar-refractivity contribution < 1.29 is 4.79 Å². The minimum atomic E-state index is -0.152. The standard InChI is InChI=1S/C19H24ClN5O/c1-3-14(2)23-19(26)17-12-18(22-13-21-17)25-9-7-24(8-10-25)16-6-4-5-15(20)11-16/h4-6,11-14H,3,7-10H2,1-2H3,(H,23,26). The summed E-state index contributed by atoms with van der Waals surface area (Å²) in [4.78, 5) is 25.2. The maximum absolute atomic E-state index is 12.3. The summed E-state index contributed by atoms with van der Waals surface area (Å²) in [7, 11) is 0. The molecule has 1 atom stereocenters. The fourth-order valence-electron chi connectivity index (χ4n) is 2.91. The summed E-state index contributed by atoms with van der Waals surface area (Å²) in [6.07, 6.45) is 2.35. The predicted molar refractivity (Wildman–Crippen MR) is 105 cm³/mol. The van der Waals surface area contributed by atoms with Gasteiger partial charge < -0.3 is 15.1 Å². The Morgan fingerprint density at radius 2 is 1.92 bits per heavy atom. The lowest BCUT2D eigenvalue weighted by atomic mass is 10.2. The number of carbonyl (C=O) groups excluding carboxylic acids is 1. The number of anilines is 2. The van der Waals surface area contributed by atoms with E-state index < -0.39 is 0 Å². The van der Waals surface area contributed by atoms with Crippen molar-refractivity contribution in [2.75, 3.05) is 36.0 Å². The maximum Gasteiger partial charge on any atom is 0.270 e. The Morgan fingerprint density at radius 3 is 2.62 bits per heavy atom. The molecule has 138 valence electrons. The van der Waals surface area contributed by atoms with Crippen molar-refractivity contribution in [1.29, 1.82) is 0 Å². The van der Waals surface area contributed by atoms with Crippen LogP contribution in [0.15, 0.2) is 36.7 Å². The molecular weight excluding hydrogens is 350 g/mol. The van der Waals surface area contributed by atoms with Gasteiger partial charge >= 0.3 is 0 Å². The lowest BCUT2D eigenvalue weighted by Crippen LogP contribution is -2.47. The third-order valence-corrected chi connectivity index (χ3v) is 4.89. The summed E-state index contributed by atoms with van der Waals surface area (Å²) >= 11 is 6.09. The number of hydrogen-bond donors (Lipinski definition) is 1. The monoisotopic (exact) mass is 373 g/mol. The van der Waals surface area contributed by atoms with Crippen molar-refractivity contribution in [3.63, 3.8) is 0 Å². The van der Waals surface area contributed by atoms with Gasteiger partial charge in [0.25, 0.3) is 5.91 Å². The third-order valence-electron chi connectivity index (χ3n) is 4.65. The lowest BCUT2D eigenvalue weighted by molar-refractivity contribution is 0.0934. The van der Waals surface area contributed by atoms with Crippen LogP contribution in [0, 0.1) is 0 Å². The fraction of sp³-hybridized carbons (Fsp3) is 0.421. The number of halogens is 1. The van der Waals surface area contributed by atoms with Crippen LogP contribution in [0.1, 0.15) is 30.8 Å². The largest absolute Gasteiger partial charge is 0.368 e. The van der Waals surface area contributed by atoms with Crippen LogP contribution in [0.5, 0.6) is 0 Å². The quantitative estimate of drug-likeness (QED) is 0.873. The Morgan fingerprint density at radius 1 is 1.19 bits per heavy atom. The molecule has 0 bridgehead atoms. The first-order chi connectivity index (χ1) is 12.6. The lowest BCUT2D eigenvalue weighted by Gasteiger charge is -2.36. The van der Waals surface area contributed by atoms with Crippen molar-refractivity contribution in [2.24, 2.45) is 0 Å². The van der Waals surface area contributed by atoms with Crippen molar-refractivity contribution >= 4 is 29.0 Å². The van der Waals surface area contributed by atoms with E-state index in [1.165, 1.54) is 6.33 Å². The van der Waals surface area contributed by atoms with E-state index in [2.05, 4.69) is 31.2 Å². The highest BCUT2D eigenvalue weighted by Crippen LogP contribution is 2.22. The Balaban J connectivity index is 1.64. The van der Waals surface area contributed by atoms with Crippen molar-refractivity contribution in [2.45, 2.75) is 26.3 Å². The molecule has 0 radical (unpaired) electrons. The highest BCUT2D eigenvalue weighted by atomic mass is 35.5. The molecule has 0 saturated carbocycles. The van der Waals surface area contributed by atoms with E-state index in [0.717, 1.165) is 49.1 Å². The molecule has 1 saturated heterocycles. The van der Waals surface area contributed by atoms with Crippen LogP contribution in [0.25, 0.3) is 0 Å². The highest BCUT2D eigenvalue weighted by Gasteiger charge is 2.20. The SMILES string of the molecule is CCC(C)NC(=O)c1cc(N2CCN(c3cccc(Cl)c3)CC2)ncn1. The molecule has 2 heterocycles. The molecule has 1 N–H and O–H groups in total. The Bertz CT molecular complexity index is 761. The number of nitrogens with zero attached hydrogens (tertiary/aromatic N) is 4. The number of benzene rings is 1. The topological polar surface area (TPSA) is 61.4 Å². The third kappa shape index (κ3) is 4.43. The van der Waals surface area contributed by atoms with E-state index in [9.17, 15) is 4.79 Å². The zero-order chi connectivity index (χ0) is 18.5. The zero-order valence-electron chi connectivity index (χ0n) is 15.2. The molecule has 6 nitrogen and oxygen atoms in total. The van der Waals surface area contributed by atoms with Gasteiger partial charge in [-0.15, -0.1) is 0 Å². The van der Waals surface area contributed by atoms with E-state index in [0.29, 0.717) is 5.69 Å². The normalized spacial score (nSPS) is 15.7. The number of aromatic nitrogens is 2. The van der Waals surface area contributed by atoms with Crippen LogP contribution in [0.4, 0.5) is 11.5 Å². The van der Waals surface area contributed by atoms with Gasteiger partial charge in [-0.2, -0.15) is 0 Å². The van der Waals surface area contributed by atoms with Gasteiger partial charge in [0.2, 0.25) is 0 Å². The molecule has 1 fully saturated rings. The molecule has 7 heteroatoms. The number of rotatable bonds is 5. The van der Waals surface area contributed by atoms with Crippen LogP contribution in [-0.4, -0.2) is 48.1 Å². The summed E-state index contributed by atoms with van der Waals surface area (Å²) in [6.45, 7) is 7.42. The smallest absolute Gasteiger partial charge is 0.270 e. The average Bonchev–Trinajstić information content (AvgIpc) is 2.68. The number of nitrogens with one attached hydrogen (secondary N) is 1. The van der Waals surface area contributed by atoms with Crippen molar-refractivity contribution in [3.05, 3.63) is 47.4 Å². The Kier molecular flexibility index (Phi) is 5.93. The molecule has 1 amide bonds. The maximum atomic E-state index is 12.3. The molecule has 1 aromatic heterocycles. The van der Waals surface area contributed by atoms with Gasteiger partial charge in [-0.25, -0.2) is 9.97 Å². The highest BCUT2D eigenvalue weighted by molar-refractivity contribution is 6.30. The zero-order valence-corrected chi connectivity index (χ0v) is 15.9. The summed E-state index contributed by atoms with van der Waals surface area (Å²) in [5.74, 6) is 0.639. The second-order valence-electron chi connectivity index (χ2n) is 6.50. The average molecular weight is 374 g/mol.